The van der Waals surface area contributed by atoms with Gasteiger partial charge in [0.25, 0.3) is 0 Å². The van der Waals surface area contributed by atoms with Gasteiger partial charge in [0.15, 0.2) is 17.4 Å². The third-order valence-corrected chi connectivity index (χ3v) is 7.63. The van der Waals surface area contributed by atoms with E-state index in [9.17, 15) is 21.6 Å². The summed E-state index contributed by atoms with van der Waals surface area (Å²) in [6.07, 6.45) is 2.01. The fraction of sp³-hybridized carbons (Fsp3) is 0.222. The minimum Gasteiger partial charge on any atom is -0.435 e. The second-order valence-electron chi connectivity index (χ2n) is 9.41. The summed E-state index contributed by atoms with van der Waals surface area (Å²) < 4.78 is 91.0. The van der Waals surface area contributed by atoms with E-state index in [1.807, 2.05) is 0 Å². The van der Waals surface area contributed by atoms with E-state index in [2.05, 4.69) is 25.6 Å². The summed E-state index contributed by atoms with van der Waals surface area (Å²) in [5.41, 5.74) is -0.436. The molecule has 2 atom stereocenters. The minimum atomic E-state index is -4.35. The first-order valence-electron chi connectivity index (χ1n) is 12.6. The number of alkyl halides is 1. The van der Waals surface area contributed by atoms with Gasteiger partial charge in [0.2, 0.25) is 27.7 Å². The molecule has 15 heteroatoms. The zero-order valence-corrected chi connectivity index (χ0v) is 23.2. The molecule has 3 N–H and O–H groups in total. The van der Waals surface area contributed by atoms with Crippen LogP contribution >= 0.6 is 11.6 Å². The lowest BCUT2D eigenvalue weighted by Gasteiger charge is -2.26. The van der Waals surface area contributed by atoms with Crippen LogP contribution in [0.5, 0.6) is 11.6 Å². The van der Waals surface area contributed by atoms with E-state index >= 15 is 4.39 Å². The summed E-state index contributed by atoms with van der Waals surface area (Å²) in [6, 6.07) is 10.7. The van der Waals surface area contributed by atoms with Crippen molar-refractivity contribution < 1.29 is 30.7 Å². The number of rotatable bonds is 9. The van der Waals surface area contributed by atoms with Gasteiger partial charge in [-0.15, -0.1) is 0 Å². The quantitative estimate of drug-likeness (QED) is 0.167. The highest BCUT2D eigenvalue weighted by atomic mass is 35.5. The van der Waals surface area contributed by atoms with Crippen molar-refractivity contribution in [1.29, 1.82) is 0 Å². The van der Waals surface area contributed by atoms with Crippen LogP contribution in [0.3, 0.4) is 0 Å². The Labute approximate surface area is 243 Å². The average molecular weight is 623 g/mol. The topological polar surface area (TPSA) is 118 Å². The van der Waals surface area contributed by atoms with Crippen molar-refractivity contribution in [2.45, 2.75) is 24.4 Å². The molecular weight excluding hydrogens is 600 g/mol. The number of aromatic nitrogens is 3. The minimum absolute atomic E-state index is 0.195. The van der Waals surface area contributed by atoms with Gasteiger partial charge in [-0.1, -0.05) is 23.7 Å². The van der Waals surface area contributed by atoms with Crippen LogP contribution in [0.4, 0.5) is 29.2 Å². The Bertz CT molecular complexity index is 1720. The van der Waals surface area contributed by atoms with E-state index in [-0.39, 0.29) is 52.7 Å². The van der Waals surface area contributed by atoms with Gasteiger partial charge in [-0.25, -0.2) is 36.5 Å². The molecule has 1 aliphatic rings. The summed E-state index contributed by atoms with van der Waals surface area (Å²) >= 11 is 5.86. The molecule has 0 radical (unpaired) electrons. The van der Waals surface area contributed by atoms with Crippen LogP contribution in [-0.2, 0) is 15.8 Å². The van der Waals surface area contributed by atoms with Crippen LogP contribution in [0.1, 0.15) is 12.0 Å². The van der Waals surface area contributed by atoms with Crippen molar-refractivity contribution in [3.63, 3.8) is 0 Å². The monoisotopic (exact) mass is 622 g/mol. The predicted molar refractivity (Wildman–Crippen MR) is 149 cm³/mol. The molecule has 9 nitrogen and oxygen atoms in total. The highest BCUT2D eigenvalue weighted by Crippen LogP contribution is 2.36. The molecule has 0 spiro atoms. The Hall–Kier alpha value is -4.01. The normalized spacial score (nSPS) is 17.1. The molecule has 2 aromatic carbocycles. The Morgan fingerprint density at radius 2 is 1.86 bits per heavy atom. The maximum atomic E-state index is 15.1. The number of halogens is 5. The Kier molecular flexibility index (Phi) is 8.75. The van der Waals surface area contributed by atoms with E-state index in [4.69, 9.17) is 16.3 Å². The van der Waals surface area contributed by atoms with E-state index in [1.165, 1.54) is 48.8 Å². The lowest BCUT2D eigenvalue weighted by molar-refractivity contribution is 0.254. The standard InChI is InChI=1S/C27H23ClF4N6O3S/c28-16-4-1-3-15(9-16)14-42(39,40)38-25-20(30)11-22(23(31)24(25)32)41-26-19(5-2-7-34-26)21-6-8-35-27(37-21)36-18-10-17(29)12-33-13-18/h1-9,11,17-18,33,38H,10,12-14H2,(H,35,36,37)/t17-,18-/m0/s1. The van der Waals surface area contributed by atoms with Gasteiger partial charge in [-0.05, 0) is 35.9 Å². The largest absolute Gasteiger partial charge is 0.435 e. The number of sulfonamides is 1. The van der Waals surface area contributed by atoms with Crippen molar-refractivity contribution >= 4 is 33.3 Å². The molecule has 0 saturated carbocycles. The zero-order chi connectivity index (χ0) is 29.9. The summed E-state index contributed by atoms with van der Waals surface area (Å²) in [6.45, 7) is 0.779. The summed E-state index contributed by atoms with van der Waals surface area (Å²) in [5, 5.41) is 6.29. The molecule has 0 unspecified atom stereocenters. The van der Waals surface area contributed by atoms with Gasteiger partial charge in [-0.3, -0.25) is 4.72 Å². The van der Waals surface area contributed by atoms with Crippen LogP contribution in [0.2, 0.25) is 5.02 Å². The van der Waals surface area contributed by atoms with Gasteiger partial charge in [0.1, 0.15) is 11.9 Å². The second-order valence-corrected chi connectivity index (χ2v) is 11.6. The van der Waals surface area contributed by atoms with Gasteiger partial charge in [0, 0.05) is 49.0 Å². The average Bonchev–Trinajstić information content (AvgIpc) is 2.94. The van der Waals surface area contributed by atoms with Crippen molar-refractivity contribution in [2.24, 2.45) is 0 Å². The summed E-state index contributed by atoms with van der Waals surface area (Å²) in [4.78, 5) is 12.6. The van der Waals surface area contributed by atoms with Crippen LogP contribution in [0, 0.1) is 17.5 Å². The lowest BCUT2D eigenvalue weighted by Crippen LogP contribution is -2.44. The maximum Gasteiger partial charge on any atom is 0.237 e. The van der Waals surface area contributed by atoms with Crippen molar-refractivity contribution in [3.05, 3.63) is 89.0 Å². The third kappa shape index (κ3) is 7.06. The number of nitrogens with one attached hydrogen (secondary N) is 3. The highest BCUT2D eigenvalue weighted by molar-refractivity contribution is 7.91. The van der Waals surface area contributed by atoms with Gasteiger partial charge in [-0.2, -0.15) is 4.39 Å². The first kappa shape index (κ1) is 29.5. The van der Waals surface area contributed by atoms with Crippen LogP contribution in [0.25, 0.3) is 11.3 Å². The summed E-state index contributed by atoms with van der Waals surface area (Å²) in [5.74, 6) is -6.46. The molecule has 0 bridgehead atoms. The van der Waals surface area contributed by atoms with Gasteiger partial charge >= 0.3 is 0 Å². The molecule has 3 heterocycles. The van der Waals surface area contributed by atoms with Crippen molar-refractivity contribution in [1.82, 2.24) is 20.3 Å². The fourth-order valence-electron chi connectivity index (χ4n) is 4.31. The zero-order valence-electron chi connectivity index (χ0n) is 21.6. The van der Waals surface area contributed by atoms with Crippen LogP contribution in [0.15, 0.2) is 60.9 Å². The predicted octanol–water partition coefficient (Wildman–Crippen LogP) is 5.46. The van der Waals surface area contributed by atoms with E-state index in [1.54, 1.807) is 10.8 Å². The molecule has 1 saturated heterocycles. The highest BCUT2D eigenvalue weighted by Gasteiger charge is 2.26. The molecule has 1 aliphatic heterocycles. The Balaban J connectivity index is 1.38. The van der Waals surface area contributed by atoms with Crippen LogP contribution in [-0.4, -0.2) is 48.7 Å². The van der Waals surface area contributed by atoms with E-state index < -0.39 is 50.8 Å². The first-order chi connectivity index (χ1) is 20.1. The first-order valence-corrected chi connectivity index (χ1v) is 14.6. The molecule has 0 amide bonds. The molecule has 5 rings (SSSR count). The number of anilines is 2. The van der Waals surface area contributed by atoms with Crippen molar-refractivity contribution in [3.8, 4) is 22.9 Å². The second kappa shape index (κ2) is 12.5. The number of pyridine rings is 1. The van der Waals surface area contributed by atoms with E-state index in [0.717, 1.165) is 0 Å². The number of piperidine rings is 1. The van der Waals surface area contributed by atoms with Crippen LogP contribution < -0.4 is 20.1 Å². The van der Waals surface area contributed by atoms with Gasteiger partial charge in [0.05, 0.1) is 17.0 Å². The summed E-state index contributed by atoms with van der Waals surface area (Å²) in [7, 11) is -4.35. The smallest absolute Gasteiger partial charge is 0.237 e. The SMILES string of the molecule is O=S(=O)(Cc1cccc(Cl)c1)Nc1c(F)cc(Oc2ncccc2-c2ccnc(N[C@@H]3CNC[C@@H](F)C3)n2)c(F)c1F. The number of hydrogen-bond donors (Lipinski definition) is 3. The van der Waals surface area contributed by atoms with E-state index in [0.29, 0.717) is 12.6 Å². The third-order valence-electron chi connectivity index (χ3n) is 6.17. The number of hydrogen-bond acceptors (Lipinski definition) is 8. The Morgan fingerprint density at radius 3 is 2.64 bits per heavy atom. The molecule has 0 aliphatic carbocycles. The number of benzene rings is 2. The Morgan fingerprint density at radius 1 is 1.02 bits per heavy atom. The molecule has 1 fully saturated rings. The lowest BCUT2D eigenvalue weighted by atomic mass is 10.1. The molecule has 4 aromatic rings. The molecule has 42 heavy (non-hydrogen) atoms. The van der Waals surface area contributed by atoms with Gasteiger partial charge < -0.3 is 15.4 Å². The molecular formula is C27H23ClF4N6O3S. The number of ether oxygens (including phenoxy) is 1. The van der Waals surface area contributed by atoms with Crippen molar-refractivity contribution in [2.75, 3.05) is 23.1 Å². The molecule has 220 valence electrons. The number of nitrogens with zero attached hydrogens (tertiary/aromatic N) is 3. The fourth-order valence-corrected chi connectivity index (χ4v) is 5.71. The molecule has 2 aromatic heterocycles. The maximum absolute atomic E-state index is 15.1.